The lowest BCUT2D eigenvalue weighted by Crippen LogP contribution is -2.18. The molecule has 4 aromatic rings. The van der Waals surface area contributed by atoms with Crippen LogP contribution < -0.4 is 10.6 Å². The number of carbonyl (C=O) groups is 1. The van der Waals surface area contributed by atoms with Crippen molar-refractivity contribution in [3.63, 3.8) is 0 Å². The van der Waals surface area contributed by atoms with Crippen molar-refractivity contribution >= 4 is 23.2 Å². The van der Waals surface area contributed by atoms with E-state index in [0.29, 0.717) is 11.3 Å². The minimum absolute atomic E-state index is 0.240. The van der Waals surface area contributed by atoms with Gasteiger partial charge in [0.15, 0.2) is 5.82 Å². The number of hydrogen-bond acceptors (Lipinski definition) is 6. The average molecular weight is 480 g/mol. The first kappa shape index (κ1) is 24.6. The van der Waals surface area contributed by atoms with Crippen molar-refractivity contribution in [3.05, 3.63) is 94.6 Å². The molecule has 0 saturated heterocycles. The first-order valence-corrected chi connectivity index (χ1v) is 11.8. The van der Waals surface area contributed by atoms with E-state index < -0.39 is 5.41 Å². The normalized spacial score (nSPS) is 11.1. The summed E-state index contributed by atoms with van der Waals surface area (Å²) >= 11 is 0. The van der Waals surface area contributed by atoms with E-state index in [1.807, 2.05) is 43.3 Å². The van der Waals surface area contributed by atoms with E-state index in [1.165, 1.54) is 0 Å². The van der Waals surface area contributed by atoms with Gasteiger partial charge in [0, 0.05) is 35.4 Å². The molecule has 3 heterocycles. The second-order valence-corrected chi connectivity index (χ2v) is 9.33. The van der Waals surface area contributed by atoms with Gasteiger partial charge in [-0.2, -0.15) is 10.4 Å². The number of hydrogen-bond donors (Lipinski definition) is 3. The summed E-state index contributed by atoms with van der Waals surface area (Å²) in [4.78, 5) is 21.5. The molecule has 4 rings (SSSR count). The fourth-order valence-electron chi connectivity index (χ4n) is 3.75. The van der Waals surface area contributed by atoms with Crippen LogP contribution in [0.3, 0.4) is 0 Å². The van der Waals surface area contributed by atoms with Crippen LogP contribution in [0.25, 0.3) is 0 Å². The van der Waals surface area contributed by atoms with Crippen LogP contribution >= 0.6 is 0 Å². The first-order chi connectivity index (χ1) is 17.2. The maximum atomic E-state index is 12.9. The summed E-state index contributed by atoms with van der Waals surface area (Å²) in [7, 11) is 0. The fourth-order valence-corrected chi connectivity index (χ4v) is 3.75. The third kappa shape index (κ3) is 5.76. The number of nitrogens with zero attached hydrogens (tertiary/aromatic N) is 4. The third-order valence-corrected chi connectivity index (χ3v) is 6.10. The van der Waals surface area contributed by atoms with Crippen molar-refractivity contribution in [1.29, 1.82) is 5.26 Å². The number of aryl methyl sites for hydroxylation is 4. The molecule has 0 radical (unpaired) electrons. The van der Waals surface area contributed by atoms with E-state index in [0.717, 1.165) is 52.5 Å². The molecule has 8 nitrogen and oxygen atoms in total. The number of aromatic nitrogens is 4. The van der Waals surface area contributed by atoms with Gasteiger partial charge in [-0.05, 0) is 87.6 Å². The molecule has 0 aliphatic rings. The van der Waals surface area contributed by atoms with Crippen molar-refractivity contribution in [3.8, 4) is 6.07 Å². The largest absolute Gasteiger partial charge is 0.323 e. The number of anilines is 3. The highest BCUT2D eigenvalue weighted by Gasteiger charge is 2.22. The van der Waals surface area contributed by atoms with Gasteiger partial charge in [-0.1, -0.05) is 12.1 Å². The highest BCUT2D eigenvalue weighted by atomic mass is 16.1. The van der Waals surface area contributed by atoms with Gasteiger partial charge in [0.05, 0.1) is 17.2 Å². The molecule has 0 unspecified atom stereocenters. The molecule has 36 heavy (non-hydrogen) atoms. The summed E-state index contributed by atoms with van der Waals surface area (Å²) < 4.78 is 0. The van der Waals surface area contributed by atoms with Crippen LogP contribution in [0.1, 0.15) is 52.3 Å². The van der Waals surface area contributed by atoms with Crippen LogP contribution in [-0.2, 0) is 18.3 Å². The quantitative estimate of drug-likeness (QED) is 0.311. The number of aromatic amines is 1. The zero-order valence-electron chi connectivity index (χ0n) is 20.9. The Labute approximate surface area is 210 Å². The molecule has 3 aromatic heterocycles. The summed E-state index contributed by atoms with van der Waals surface area (Å²) in [5, 5.41) is 23.0. The van der Waals surface area contributed by atoms with Crippen LogP contribution in [0.5, 0.6) is 0 Å². The summed E-state index contributed by atoms with van der Waals surface area (Å²) in [6.07, 6.45) is 4.87. The van der Waals surface area contributed by atoms with Gasteiger partial charge in [0.25, 0.3) is 5.91 Å². The monoisotopic (exact) mass is 479 g/mol. The zero-order chi connectivity index (χ0) is 25.7. The molecule has 8 heteroatoms. The van der Waals surface area contributed by atoms with E-state index in [4.69, 9.17) is 0 Å². The van der Waals surface area contributed by atoms with Gasteiger partial charge in [-0.15, -0.1) is 0 Å². The summed E-state index contributed by atoms with van der Waals surface area (Å²) in [5.41, 5.74) is 5.32. The van der Waals surface area contributed by atoms with Crippen molar-refractivity contribution in [1.82, 2.24) is 20.2 Å². The maximum Gasteiger partial charge on any atom is 0.255 e. The van der Waals surface area contributed by atoms with Crippen molar-refractivity contribution in [2.24, 2.45) is 0 Å². The van der Waals surface area contributed by atoms with E-state index in [-0.39, 0.29) is 5.91 Å². The molecule has 0 aliphatic heterocycles. The lowest BCUT2D eigenvalue weighted by Gasteiger charge is -2.15. The Hall–Kier alpha value is -4.51. The van der Waals surface area contributed by atoms with E-state index in [2.05, 4.69) is 43.8 Å². The molecular formula is C28H29N7O. The molecular weight excluding hydrogens is 450 g/mol. The zero-order valence-corrected chi connectivity index (χ0v) is 20.9. The Balaban J connectivity index is 1.41. The number of H-pyrrole nitrogens is 1. The Morgan fingerprint density at radius 3 is 2.64 bits per heavy atom. The van der Waals surface area contributed by atoms with Gasteiger partial charge in [-0.3, -0.25) is 14.9 Å². The standard InChI is InChI=1S/C28H29N7O/c1-18-7-9-22(32-27(36)21-11-13-30-24(15-21)28(3,4)17-29)14-20(18)8-10-23-16-25(35-34-23)33-26-19(2)6-5-12-31-26/h5-7,9,11-16H,8,10H2,1-4H3,(H,32,36)(H2,31,33,34,35). The van der Waals surface area contributed by atoms with Crippen LogP contribution in [0.4, 0.5) is 17.3 Å². The number of rotatable bonds is 8. The average Bonchev–Trinajstić information content (AvgIpc) is 3.33. The number of nitrogens with one attached hydrogen (secondary N) is 3. The second-order valence-electron chi connectivity index (χ2n) is 9.33. The predicted octanol–water partition coefficient (Wildman–Crippen LogP) is 5.40. The van der Waals surface area contributed by atoms with Crippen LogP contribution in [-0.4, -0.2) is 26.1 Å². The number of benzene rings is 1. The Bertz CT molecular complexity index is 1430. The minimum Gasteiger partial charge on any atom is -0.323 e. The van der Waals surface area contributed by atoms with Gasteiger partial charge in [0.2, 0.25) is 0 Å². The molecule has 0 spiro atoms. The van der Waals surface area contributed by atoms with Gasteiger partial charge in [-0.25, -0.2) is 4.98 Å². The Morgan fingerprint density at radius 1 is 1.03 bits per heavy atom. The summed E-state index contributed by atoms with van der Waals surface area (Å²) in [6.45, 7) is 7.62. The summed E-state index contributed by atoms with van der Waals surface area (Å²) in [6, 6.07) is 17.3. The minimum atomic E-state index is -0.772. The lowest BCUT2D eigenvalue weighted by atomic mass is 9.90. The molecule has 1 amide bonds. The highest BCUT2D eigenvalue weighted by Crippen LogP contribution is 2.23. The summed E-state index contributed by atoms with van der Waals surface area (Å²) in [5.74, 6) is 1.27. The van der Waals surface area contributed by atoms with E-state index in [1.54, 1.807) is 38.4 Å². The van der Waals surface area contributed by atoms with Gasteiger partial charge in [0.1, 0.15) is 5.82 Å². The van der Waals surface area contributed by atoms with Crippen LogP contribution in [0.15, 0.2) is 60.9 Å². The van der Waals surface area contributed by atoms with Crippen molar-refractivity contribution < 1.29 is 4.79 Å². The smallest absolute Gasteiger partial charge is 0.255 e. The topological polar surface area (TPSA) is 119 Å². The first-order valence-electron chi connectivity index (χ1n) is 11.8. The molecule has 0 atom stereocenters. The van der Waals surface area contributed by atoms with E-state index >= 15 is 0 Å². The number of pyridine rings is 2. The van der Waals surface area contributed by atoms with Gasteiger partial charge < -0.3 is 10.6 Å². The molecule has 182 valence electrons. The molecule has 3 N–H and O–H groups in total. The molecule has 0 aliphatic carbocycles. The Morgan fingerprint density at radius 2 is 1.86 bits per heavy atom. The molecule has 1 aromatic carbocycles. The number of amides is 1. The number of nitriles is 1. The van der Waals surface area contributed by atoms with E-state index in [9.17, 15) is 10.1 Å². The second kappa shape index (κ2) is 10.4. The van der Waals surface area contributed by atoms with Crippen LogP contribution in [0, 0.1) is 25.2 Å². The number of carbonyl (C=O) groups excluding carboxylic acids is 1. The molecule has 0 fully saturated rings. The predicted molar refractivity (Wildman–Crippen MR) is 140 cm³/mol. The fraction of sp³-hybridized carbons (Fsp3) is 0.250. The van der Waals surface area contributed by atoms with Gasteiger partial charge >= 0.3 is 0 Å². The lowest BCUT2D eigenvalue weighted by molar-refractivity contribution is 0.102. The molecule has 0 saturated carbocycles. The maximum absolute atomic E-state index is 12.9. The Kier molecular flexibility index (Phi) is 7.11. The van der Waals surface area contributed by atoms with Crippen LogP contribution in [0.2, 0.25) is 0 Å². The van der Waals surface area contributed by atoms with Crippen molar-refractivity contribution in [2.45, 2.75) is 46.0 Å². The molecule has 0 bridgehead atoms. The SMILES string of the molecule is Cc1ccc(NC(=O)c2ccnc(C(C)(C)C#N)c2)cc1CCc1cc(Nc2ncccc2C)n[nH]1. The highest BCUT2D eigenvalue weighted by molar-refractivity contribution is 6.04. The third-order valence-electron chi connectivity index (χ3n) is 6.10. The van der Waals surface area contributed by atoms with Crippen molar-refractivity contribution in [2.75, 3.05) is 10.6 Å².